The molecule has 2 aromatic heterocycles. The lowest BCUT2D eigenvalue weighted by Crippen LogP contribution is -2.28. The number of aromatic nitrogens is 3. The molecule has 0 saturated carbocycles. The van der Waals surface area contributed by atoms with Gasteiger partial charge in [-0.15, -0.1) is 11.3 Å². The molecule has 164 valence electrons. The fourth-order valence-corrected chi connectivity index (χ4v) is 4.20. The Morgan fingerprint density at radius 2 is 1.97 bits per heavy atom. The molecule has 8 heteroatoms. The van der Waals surface area contributed by atoms with Crippen LogP contribution in [0.25, 0.3) is 21.8 Å². The second-order valence-corrected chi connectivity index (χ2v) is 8.21. The molecule has 0 spiro atoms. The maximum Gasteiger partial charge on any atom is 0.273 e. The molecule has 0 atom stereocenters. The van der Waals surface area contributed by atoms with Gasteiger partial charge >= 0.3 is 0 Å². The number of aryl methyl sites for hydroxylation is 1. The van der Waals surface area contributed by atoms with Gasteiger partial charge in [0.1, 0.15) is 22.3 Å². The number of thiazole rings is 1. The number of carbonyl (C=O) groups excluding carboxylic acids is 1. The number of carbonyl (C=O) groups is 1. The Morgan fingerprint density at radius 3 is 2.75 bits per heavy atom. The van der Waals surface area contributed by atoms with E-state index in [1.54, 1.807) is 36.6 Å². The number of H-pyrrole nitrogens is 1. The largest absolute Gasteiger partial charge is 0.496 e. The van der Waals surface area contributed by atoms with Gasteiger partial charge in [0, 0.05) is 30.2 Å². The molecule has 2 aromatic carbocycles. The van der Waals surface area contributed by atoms with Crippen LogP contribution in [-0.4, -0.2) is 46.7 Å². The Morgan fingerprint density at radius 1 is 1.19 bits per heavy atom. The highest BCUT2D eigenvalue weighted by atomic mass is 32.1. The summed E-state index contributed by atoms with van der Waals surface area (Å²) in [7, 11) is 3.40. The molecule has 0 fully saturated rings. The quantitative estimate of drug-likeness (QED) is 0.408. The van der Waals surface area contributed by atoms with E-state index in [-0.39, 0.29) is 11.7 Å². The van der Waals surface area contributed by atoms with Crippen molar-refractivity contribution >= 4 is 17.2 Å². The maximum atomic E-state index is 13.1. The van der Waals surface area contributed by atoms with Gasteiger partial charge < -0.3 is 9.64 Å². The van der Waals surface area contributed by atoms with Gasteiger partial charge in [-0.2, -0.15) is 5.10 Å². The smallest absolute Gasteiger partial charge is 0.273 e. The lowest BCUT2D eigenvalue weighted by atomic mass is 10.1. The van der Waals surface area contributed by atoms with Crippen LogP contribution in [0.2, 0.25) is 0 Å². The van der Waals surface area contributed by atoms with Crippen LogP contribution >= 0.6 is 11.3 Å². The van der Waals surface area contributed by atoms with Gasteiger partial charge in [-0.25, -0.2) is 9.37 Å². The number of hydrogen-bond acceptors (Lipinski definition) is 5. The summed E-state index contributed by atoms with van der Waals surface area (Å²) in [6.45, 7) is 0.589. The first-order chi connectivity index (χ1) is 15.5. The Balaban J connectivity index is 1.33. The number of amides is 1. The van der Waals surface area contributed by atoms with Crippen LogP contribution in [0.5, 0.6) is 5.75 Å². The van der Waals surface area contributed by atoms with Gasteiger partial charge in [0.2, 0.25) is 0 Å². The number of rotatable bonds is 8. The van der Waals surface area contributed by atoms with Gasteiger partial charge in [-0.1, -0.05) is 12.1 Å². The summed E-state index contributed by atoms with van der Waals surface area (Å²) >= 11 is 1.42. The van der Waals surface area contributed by atoms with Crippen molar-refractivity contribution in [3.63, 3.8) is 0 Å². The summed E-state index contributed by atoms with van der Waals surface area (Å²) in [4.78, 5) is 19.0. The SMILES string of the molecule is COc1ccccc1-c1nc(C(=O)N(C)CCCc2cc(-c3ccc(F)cc3)n[nH]2)cs1. The second kappa shape index (κ2) is 9.74. The molecule has 0 aliphatic rings. The highest BCUT2D eigenvalue weighted by Crippen LogP contribution is 2.32. The molecular formula is C24H23FN4O2S. The molecule has 1 N–H and O–H groups in total. The summed E-state index contributed by atoms with van der Waals surface area (Å²) in [6.07, 6.45) is 1.52. The number of aromatic amines is 1. The molecule has 2 heterocycles. The van der Waals surface area contributed by atoms with Crippen LogP contribution in [-0.2, 0) is 6.42 Å². The molecule has 0 saturated heterocycles. The van der Waals surface area contributed by atoms with Crippen molar-refractivity contribution in [2.24, 2.45) is 0 Å². The van der Waals surface area contributed by atoms with Crippen LogP contribution in [0.3, 0.4) is 0 Å². The third-order valence-electron chi connectivity index (χ3n) is 5.12. The number of halogens is 1. The topological polar surface area (TPSA) is 71.1 Å². The van der Waals surface area contributed by atoms with Crippen LogP contribution < -0.4 is 4.74 Å². The predicted octanol–water partition coefficient (Wildman–Crippen LogP) is 5.05. The molecule has 4 aromatic rings. The van der Waals surface area contributed by atoms with Crippen LogP contribution in [0.4, 0.5) is 4.39 Å². The Bertz CT molecular complexity index is 1200. The first-order valence-electron chi connectivity index (χ1n) is 10.2. The maximum absolute atomic E-state index is 13.1. The molecule has 6 nitrogen and oxygen atoms in total. The zero-order chi connectivity index (χ0) is 22.5. The predicted molar refractivity (Wildman–Crippen MR) is 123 cm³/mol. The van der Waals surface area contributed by atoms with E-state index >= 15 is 0 Å². The highest BCUT2D eigenvalue weighted by molar-refractivity contribution is 7.13. The Labute approximate surface area is 189 Å². The standard InChI is InChI=1S/C24H23FN4O2S/c1-29(13-5-6-18-14-20(28-27-18)16-9-11-17(25)12-10-16)24(30)21-15-32-23(26-21)19-7-3-4-8-22(19)31-2/h3-4,7-12,14-15H,5-6,13H2,1-2H3,(H,27,28). The lowest BCUT2D eigenvalue weighted by molar-refractivity contribution is 0.0788. The van der Waals surface area contributed by atoms with E-state index in [2.05, 4.69) is 15.2 Å². The van der Waals surface area contributed by atoms with E-state index in [0.29, 0.717) is 12.2 Å². The van der Waals surface area contributed by atoms with Gasteiger partial charge in [-0.05, 0) is 55.3 Å². The zero-order valence-electron chi connectivity index (χ0n) is 17.8. The van der Waals surface area contributed by atoms with E-state index in [0.717, 1.165) is 46.1 Å². The van der Waals surface area contributed by atoms with Gasteiger partial charge in [-0.3, -0.25) is 9.89 Å². The fraction of sp³-hybridized carbons (Fsp3) is 0.208. The first-order valence-corrected chi connectivity index (χ1v) is 11.1. The van der Waals surface area contributed by atoms with E-state index in [9.17, 15) is 9.18 Å². The van der Waals surface area contributed by atoms with Gasteiger partial charge in [0.15, 0.2) is 0 Å². The molecule has 0 aliphatic carbocycles. The summed E-state index contributed by atoms with van der Waals surface area (Å²) in [5.41, 5.74) is 3.90. The third kappa shape index (κ3) is 4.86. The summed E-state index contributed by atoms with van der Waals surface area (Å²) < 4.78 is 18.5. The van der Waals surface area contributed by atoms with Crippen molar-refractivity contribution in [1.29, 1.82) is 0 Å². The zero-order valence-corrected chi connectivity index (χ0v) is 18.7. The van der Waals surface area contributed by atoms with Crippen LogP contribution in [0, 0.1) is 5.82 Å². The molecule has 4 rings (SSSR count). The number of methoxy groups -OCH3 is 1. The Hall–Kier alpha value is -3.52. The average molecular weight is 451 g/mol. The van der Waals surface area contributed by atoms with Crippen LogP contribution in [0.1, 0.15) is 22.6 Å². The normalized spacial score (nSPS) is 10.8. The summed E-state index contributed by atoms with van der Waals surface area (Å²) in [6, 6.07) is 15.8. The fourth-order valence-electron chi connectivity index (χ4n) is 3.38. The molecule has 0 bridgehead atoms. The molecular weight excluding hydrogens is 427 g/mol. The summed E-state index contributed by atoms with van der Waals surface area (Å²) in [5, 5.41) is 9.85. The van der Waals surface area contributed by atoms with E-state index in [1.165, 1.54) is 23.5 Å². The van der Waals surface area contributed by atoms with Crippen LogP contribution in [0.15, 0.2) is 60.0 Å². The number of benzene rings is 2. The van der Waals surface area contributed by atoms with Gasteiger partial charge in [0.25, 0.3) is 5.91 Å². The third-order valence-corrected chi connectivity index (χ3v) is 5.99. The minimum absolute atomic E-state index is 0.112. The average Bonchev–Trinajstić information content (AvgIpc) is 3.49. The second-order valence-electron chi connectivity index (χ2n) is 7.35. The molecule has 0 aliphatic heterocycles. The van der Waals surface area contributed by atoms with Crippen molar-refractivity contribution in [3.05, 3.63) is 77.2 Å². The lowest BCUT2D eigenvalue weighted by Gasteiger charge is -2.15. The van der Waals surface area contributed by atoms with Gasteiger partial charge in [0.05, 0.1) is 18.4 Å². The minimum atomic E-state index is -0.271. The molecule has 0 unspecified atom stereocenters. The van der Waals surface area contributed by atoms with Crippen molar-refractivity contribution in [2.75, 3.05) is 20.7 Å². The van der Waals surface area contributed by atoms with Crippen molar-refractivity contribution < 1.29 is 13.9 Å². The number of hydrogen-bond donors (Lipinski definition) is 1. The number of nitrogens with zero attached hydrogens (tertiary/aromatic N) is 3. The van der Waals surface area contributed by atoms with E-state index in [1.807, 2.05) is 30.3 Å². The number of para-hydroxylation sites is 1. The Kier molecular flexibility index (Phi) is 6.61. The first kappa shape index (κ1) is 21.7. The number of ether oxygens (including phenoxy) is 1. The molecule has 32 heavy (non-hydrogen) atoms. The minimum Gasteiger partial charge on any atom is -0.496 e. The van der Waals surface area contributed by atoms with Crippen molar-refractivity contribution in [3.8, 4) is 27.6 Å². The molecule has 0 radical (unpaired) electrons. The monoisotopic (exact) mass is 450 g/mol. The molecule has 1 amide bonds. The number of nitrogens with one attached hydrogen (secondary N) is 1. The van der Waals surface area contributed by atoms with E-state index in [4.69, 9.17) is 4.74 Å². The van der Waals surface area contributed by atoms with E-state index < -0.39 is 0 Å². The summed E-state index contributed by atoms with van der Waals surface area (Å²) in [5.74, 6) is 0.347. The highest BCUT2D eigenvalue weighted by Gasteiger charge is 2.17. The van der Waals surface area contributed by atoms with Crippen molar-refractivity contribution in [2.45, 2.75) is 12.8 Å². The van der Waals surface area contributed by atoms with Crippen molar-refractivity contribution in [1.82, 2.24) is 20.1 Å².